The van der Waals surface area contributed by atoms with Gasteiger partial charge in [0.2, 0.25) is 11.4 Å². The second kappa shape index (κ2) is 9.85. The number of fused-ring (bicyclic) bond motifs is 1. The van der Waals surface area contributed by atoms with Gasteiger partial charge in [-0.2, -0.15) is 9.97 Å². The number of nitrogens with zero attached hydrogens (tertiary/aromatic N) is 8. The third-order valence-corrected chi connectivity index (χ3v) is 7.81. The molecule has 0 N–H and O–H groups in total. The summed E-state index contributed by atoms with van der Waals surface area (Å²) in [6.07, 6.45) is 2.93. The molecule has 3 aromatic heterocycles. The van der Waals surface area contributed by atoms with Crippen LogP contribution in [0.4, 0.5) is 16.0 Å². The second-order valence-electron chi connectivity index (χ2n) is 10.4. The lowest BCUT2D eigenvalue weighted by Gasteiger charge is -2.47. The Bertz CT molecular complexity index is 1620. The van der Waals surface area contributed by atoms with Crippen molar-refractivity contribution in [3.63, 3.8) is 0 Å². The van der Waals surface area contributed by atoms with Crippen LogP contribution in [0.15, 0.2) is 45.7 Å². The number of anilines is 1. The van der Waals surface area contributed by atoms with Gasteiger partial charge >= 0.3 is 5.69 Å². The van der Waals surface area contributed by atoms with Gasteiger partial charge in [-0.15, -0.1) is 4.98 Å². The molecule has 0 amide bonds. The number of aryl methyl sites for hydroxylation is 1. The van der Waals surface area contributed by atoms with E-state index >= 15 is 0 Å². The molecule has 1 unspecified atom stereocenters. The highest BCUT2D eigenvalue weighted by molar-refractivity contribution is 5.87. The number of hydrogen-bond acceptors (Lipinski definition) is 8. The fourth-order valence-electron chi connectivity index (χ4n) is 5.49. The minimum absolute atomic E-state index is 0.0254. The zero-order valence-electron chi connectivity index (χ0n) is 22.1. The highest BCUT2D eigenvalue weighted by Gasteiger charge is 2.41. The van der Waals surface area contributed by atoms with Crippen molar-refractivity contribution in [2.75, 3.05) is 18.0 Å². The fraction of sp³-hybridized carbons (Fsp3) is 0.429. The van der Waals surface area contributed by atoms with Crippen LogP contribution < -0.4 is 10.6 Å². The van der Waals surface area contributed by atoms with Crippen LogP contribution in [-0.4, -0.2) is 54.7 Å². The van der Waals surface area contributed by atoms with Gasteiger partial charge in [-0.25, -0.2) is 9.18 Å². The Kier molecular flexibility index (Phi) is 6.35. The van der Waals surface area contributed by atoms with E-state index < -0.39 is 0 Å². The van der Waals surface area contributed by atoms with Crippen LogP contribution in [0.25, 0.3) is 15.9 Å². The van der Waals surface area contributed by atoms with Gasteiger partial charge < -0.3 is 14.3 Å². The van der Waals surface area contributed by atoms with Crippen molar-refractivity contribution in [3.8, 4) is 0 Å². The Labute approximate surface area is 224 Å². The highest BCUT2D eigenvalue weighted by atomic mass is 19.1. The highest BCUT2D eigenvalue weighted by Crippen LogP contribution is 2.40. The standard InChI is InChI=1S/C28H29FN8O2/c1-5-20-15-36(26-23-21(35(4)28(38)33-26)12-13-22(30-3)31-23)16(2)14-37(20)24(17-8-10-19(29)11-9-17)27-32-25(34-39-27)18-6-7-18/h8-13,16,18,20,24H,5-7,14-15H2,1-2,4H3/t16-,20+,24?/m0/s1. The Morgan fingerprint density at radius 1 is 1.13 bits per heavy atom. The van der Waals surface area contributed by atoms with Gasteiger partial charge in [-0.05, 0) is 56.0 Å². The number of benzene rings is 1. The molecule has 11 heteroatoms. The molecule has 3 atom stereocenters. The Morgan fingerprint density at radius 2 is 1.90 bits per heavy atom. The number of halogens is 1. The average molecular weight is 529 g/mol. The maximum atomic E-state index is 13.9. The predicted octanol–water partition coefficient (Wildman–Crippen LogP) is 4.36. The molecular formula is C28H29FN8O2. The zero-order chi connectivity index (χ0) is 27.3. The van der Waals surface area contributed by atoms with Gasteiger partial charge in [-0.1, -0.05) is 30.8 Å². The predicted molar refractivity (Wildman–Crippen MR) is 143 cm³/mol. The number of hydrogen-bond donors (Lipinski definition) is 0. The van der Waals surface area contributed by atoms with Crippen molar-refractivity contribution in [2.24, 2.45) is 7.05 Å². The summed E-state index contributed by atoms with van der Waals surface area (Å²) < 4.78 is 21.1. The third kappa shape index (κ3) is 4.55. The summed E-state index contributed by atoms with van der Waals surface area (Å²) in [4.78, 5) is 34.5. The van der Waals surface area contributed by atoms with Crippen LogP contribution in [0, 0.1) is 12.4 Å². The smallest absolute Gasteiger partial charge is 0.350 e. The molecule has 1 aliphatic carbocycles. The van der Waals surface area contributed by atoms with Crippen LogP contribution in [0.2, 0.25) is 0 Å². The van der Waals surface area contributed by atoms with Crippen molar-refractivity contribution in [1.82, 2.24) is 29.6 Å². The number of aromatic nitrogens is 5. The molecule has 1 aliphatic heterocycles. The molecule has 0 radical (unpaired) electrons. The van der Waals surface area contributed by atoms with E-state index in [2.05, 4.69) is 43.6 Å². The van der Waals surface area contributed by atoms with Crippen LogP contribution in [0.1, 0.15) is 62.3 Å². The molecule has 1 saturated carbocycles. The maximum Gasteiger partial charge on any atom is 0.350 e. The van der Waals surface area contributed by atoms with Gasteiger partial charge in [0.05, 0.1) is 5.52 Å². The van der Waals surface area contributed by atoms with E-state index in [-0.39, 0.29) is 35.5 Å². The Balaban J connectivity index is 1.40. The summed E-state index contributed by atoms with van der Waals surface area (Å²) >= 11 is 0. The first-order chi connectivity index (χ1) is 18.9. The summed E-state index contributed by atoms with van der Waals surface area (Å²) in [5.74, 6) is 2.01. The third-order valence-electron chi connectivity index (χ3n) is 7.81. The second-order valence-corrected chi connectivity index (χ2v) is 10.4. The van der Waals surface area contributed by atoms with E-state index in [0.29, 0.717) is 41.7 Å². The summed E-state index contributed by atoms with van der Waals surface area (Å²) in [6, 6.07) is 9.43. The van der Waals surface area contributed by atoms with Crippen LogP contribution in [0.3, 0.4) is 0 Å². The summed E-state index contributed by atoms with van der Waals surface area (Å²) in [6.45, 7) is 12.8. The molecule has 6 rings (SSSR count). The minimum atomic E-state index is -0.375. The molecule has 1 saturated heterocycles. The minimum Gasteiger partial charge on any atom is -0.361 e. The Hall–Kier alpha value is -4.17. The molecule has 2 fully saturated rings. The molecular weight excluding hydrogens is 499 g/mol. The average Bonchev–Trinajstić information content (AvgIpc) is 3.69. The lowest BCUT2D eigenvalue weighted by Crippen LogP contribution is -2.58. The van der Waals surface area contributed by atoms with Crippen molar-refractivity contribution in [3.05, 3.63) is 81.4 Å². The molecule has 2 aliphatic rings. The first-order valence-electron chi connectivity index (χ1n) is 13.2. The number of pyridine rings is 1. The molecule has 0 spiro atoms. The van der Waals surface area contributed by atoms with E-state index in [9.17, 15) is 9.18 Å². The van der Waals surface area contributed by atoms with Gasteiger partial charge in [0.15, 0.2) is 11.6 Å². The van der Waals surface area contributed by atoms with Gasteiger partial charge in [0, 0.05) is 38.1 Å². The Morgan fingerprint density at radius 3 is 2.59 bits per heavy atom. The SMILES string of the molecule is [C-]#[N+]c1ccc2c(n1)c(N1C[C@@H](CC)N(C(c3ccc(F)cc3)c3nc(C4CC4)no3)C[C@@H]1C)nc(=O)n2C. The topological polar surface area (TPSA) is 97.5 Å². The van der Waals surface area contributed by atoms with Gasteiger partial charge in [0.25, 0.3) is 5.82 Å². The van der Waals surface area contributed by atoms with Gasteiger partial charge in [0.1, 0.15) is 11.9 Å². The van der Waals surface area contributed by atoms with E-state index in [1.807, 2.05) is 0 Å². The molecule has 10 nitrogen and oxygen atoms in total. The molecule has 4 heterocycles. The van der Waals surface area contributed by atoms with Crippen molar-refractivity contribution < 1.29 is 8.91 Å². The van der Waals surface area contributed by atoms with E-state index in [0.717, 1.165) is 30.7 Å². The summed E-state index contributed by atoms with van der Waals surface area (Å²) in [7, 11) is 1.66. The fourth-order valence-corrected chi connectivity index (χ4v) is 5.49. The normalized spacial score (nSPS) is 20.7. The molecule has 0 bridgehead atoms. The number of rotatable bonds is 6. The molecule has 200 valence electrons. The van der Waals surface area contributed by atoms with Crippen molar-refractivity contribution in [2.45, 2.75) is 57.2 Å². The summed E-state index contributed by atoms with van der Waals surface area (Å²) in [5, 5.41) is 4.26. The van der Waals surface area contributed by atoms with Crippen LogP contribution in [0.5, 0.6) is 0 Å². The monoisotopic (exact) mass is 528 g/mol. The lowest BCUT2D eigenvalue weighted by molar-refractivity contribution is 0.0973. The van der Waals surface area contributed by atoms with E-state index in [1.54, 1.807) is 31.3 Å². The largest absolute Gasteiger partial charge is 0.361 e. The van der Waals surface area contributed by atoms with Crippen molar-refractivity contribution >= 4 is 22.7 Å². The molecule has 39 heavy (non-hydrogen) atoms. The van der Waals surface area contributed by atoms with Gasteiger partial charge in [-0.3, -0.25) is 9.47 Å². The zero-order valence-corrected chi connectivity index (χ0v) is 22.1. The van der Waals surface area contributed by atoms with E-state index in [1.165, 1.54) is 16.7 Å². The summed E-state index contributed by atoms with van der Waals surface area (Å²) in [5.41, 5.74) is 1.66. The van der Waals surface area contributed by atoms with Crippen LogP contribution >= 0.6 is 0 Å². The molecule has 4 aromatic rings. The van der Waals surface area contributed by atoms with Crippen LogP contribution in [-0.2, 0) is 7.05 Å². The quantitative estimate of drug-likeness (QED) is 0.341. The molecule has 1 aromatic carbocycles. The first-order valence-corrected chi connectivity index (χ1v) is 13.2. The lowest BCUT2D eigenvalue weighted by atomic mass is 9.97. The van der Waals surface area contributed by atoms with E-state index in [4.69, 9.17) is 16.1 Å². The maximum absolute atomic E-state index is 13.9. The number of piperazine rings is 1. The first kappa shape index (κ1) is 25.1. The van der Waals surface area contributed by atoms with Crippen molar-refractivity contribution in [1.29, 1.82) is 0 Å².